The molecule has 10 nitrogen and oxygen atoms in total. The number of carbonyl (C=O) groups is 4. The van der Waals surface area contributed by atoms with Gasteiger partial charge >= 0.3 is 5.97 Å². The number of para-hydroxylation sites is 1. The summed E-state index contributed by atoms with van der Waals surface area (Å²) in [7, 11) is 1.71. The van der Waals surface area contributed by atoms with Gasteiger partial charge in [-0.15, -0.1) is 0 Å². The zero-order valence-corrected chi connectivity index (χ0v) is 29.6. The summed E-state index contributed by atoms with van der Waals surface area (Å²) in [6.45, 7) is 4.31. The molecule has 1 spiro atoms. The number of halogens is 1. The van der Waals surface area contributed by atoms with Crippen LogP contribution in [-0.4, -0.2) is 89.1 Å². The Kier molecular flexibility index (Phi) is 10.8. The largest absolute Gasteiger partial charge is 0.455 e. The predicted octanol–water partition coefficient (Wildman–Crippen LogP) is 5.17. The van der Waals surface area contributed by atoms with Gasteiger partial charge in [0.25, 0.3) is 5.91 Å². The van der Waals surface area contributed by atoms with E-state index in [1.807, 2.05) is 68.5 Å². The molecule has 4 aliphatic rings. The van der Waals surface area contributed by atoms with Crippen molar-refractivity contribution < 1.29 is 33.8 Å². The first-order chi connectivity index (χ1) is 24.1. The number of esters is 1. The van der Waals surface area contributed by atoms with Gasteiger partial charge in [-0.2, -0.15) is 0 Å². The Bertz CT molecular complexity index is 1640. The van der Waals surface area contributed by atoms with E-state index in [0.29, 0.717) is 30.0 Å². The van der Waals surface area contributed by atoms with Crippen molar-refractivity contribution in [3.8, 4) is 0 Å². The molecule has 1 N–H and O–H groups in total. The van der Waals surface area contributed by atoms with Crippen molar-refractivity contribution in [2.75, 3.05) is 31.6 Å². The fourth-order valence-corrected chi connectivity index (χ4v) is 8.36. The SMILES string of the molecule is Cc1cccc(Cl)c1N1CC=C[C@]23O[C@@H]4/C=C\CCC(=O)N(C)[C@H](C)[C@@H](c5ccccc5)OC(=O)[C@@H]4[C@H]2C(=O)N(CCCCCCO)[C@@H]3C1=O. The average molecular weight is 704 g/mol. The fourth-order valence-electron chi connectivity index (χ4n) is 8.04. The molecule has 0 aliphatic carbocycles. The van der Waals surface area contributed by atoms with Gasteiger partial charge in [-0.1, -0.05) is 91.2 Å². The number of allylic oxidation sites excluding steroid dienone is 1. The van der Waals surface area contributed by atoms with Gasteiger partial charge in [0.05, 0.1) is 28.8 Å². The smallest absolute Gasteiger partial charge is 0.313 e. The topological polar surface area (TPSA) is 117 Å². The number of unbranched alkanes of at least 4 members (excludes halogenated alkanes) is 3. The second kappa shape index (κ2) is 15.1. The van der Waals surface area contributed by atoms with Crippen LogP contribution in [0.15, 0.2) is 72.8 Å². The Morgan fingerprint density at radius 1 is 0.960 bits per heavy atom. The summed E-state index contributed by atoms with van der Waals surface area (Å²) in [5, 5.41) is 9.71. The molecular weight excluding hydrogens is 658 g/mol. The van der Waals surface area contributed by atoms with Crippen LogP contribution in [0.25, 0.3) is 0 Å². The molecule has 2 saturated heterocycles. The van der Waals surface area contributed by atoms with Gasteiger partial charge in [0.15, 0.2) is 0 Å². The van der Waals surface area contributed by atoms with Crippen molar-refractivity contribution in [2.24, 2.45) is 11.8 Å². The number of rotatable bonds is 8. The second-order valence-electron chi connectivity index (χ2n) is 13.7. The Morgan fingerprint density at radius 3 is 2.46 bits per heavy atom. The number of aliphatic hydroxyl groups is 1. The van der Waals surface area contributed by atoms with E-state index < -0.39 is 47.7 Å². The molecule has 266 valence electrons. The number of cyclic esters (lactones) is 1. The van der Waals surface area contributed by atoms with E-state index in [1.165, 1.54) is 0 Å². The van der Waals surface area contributed by atoms with Crippen molar-refractivity contribution in [3.63, 3.8) is 0 Å². The lowest BCUT2D eigenvalue weighted by Gasteiger charge is -2.36. The minimum Gasteiger partial charge on any atom is -0.455 e. The third-order valence-electron chi connectivity index (χ3n) is 10.7. The summed E-state index contributed by atoms with van der Waals surface area (Å²) in [6, 6.07) is 13.2. The van der Waals surface area contributed by atoms with Gasteiger partial charge in [-0.05, 0) is 50.3 Å². The number of fused-ring (bicyclic) bond motifs is 2. The van der Waals surface area contributed by atoms with Crippen LogP contribution in [0.3, 0.4) is 0 Å². The molecule has 4 aliphatic heterocycles. The summed E-state index contributed by atoms with van der Waals surface area (Å²) in [6.07, 6.45) is 8.97. The molecule has 11 heteroatoms. The van der Waals surface area contributed by atoms with Crippen LogP contribution in [0.1, 0.15) is 62.7 Å². The number of aryl methyl sites for hydroxylation is 1. The molecule has 0 bridgehead atoms. The normalized spacial score (nSPS) is 30.6. The molecule has 2 fully saturated rings. The molecule has 0 radical (unpaired) electrons. The molecule has 50 heavy (non-hydrogen) atoms. The van der Waals surface area contributed by atoms with E-state index in [-0.39, 0.29) is 43.8 Å². The van der Waals surface area contributed by atoms with Crippen LogP contribution in [0.2, 0.25) is 5.02 Å². The third-order valence-corrected chi connectivity index (χ3v) is 11.0. The molecular formula is C39H46ClN3O7. The van der Waals surface area contributed by atoms with E-state index in [1.54, 1.807) is 40.0 Å². The van der Waals surface area contributed by atoms with Gasteiger partial charge in [0.1, 0.15) is 23.7 Å². The van der Waals surface area contributed by atoms with Gasteiger partial charge in [0.2, 0.25) is 11.8 Å². The summed E-state index contributed by atoms with van der Waals surface area (Å²) in [5.74, 6) is -3.47. The molecule has 3 amide bonds. The van der Waals surface area contributed by atoms with Crippen molar-refractivity contribution in [1.29, 1.82) is 0 Å². The van der Waals surface area contributed by atoms with Crippen molar-refractivity contribution in [1.82, 2.24) is 9.80 Å². The summed E-state index contributed by atoms with van der Waals surface area (Å²) in [5.41, 5.74) is 0.646. The zero-order chi connectivity index (χ0) is 35.6. The standard InChI is InChI=1S/C39H46ClN3O7/c1-25-15-13-18-28(40)33(25)42-23-14-21-39-32(36(46)43(35(39)37(42)47)22-11-4-5-12-24-44)31-29(50-39)19-9-10-20-30(45)41(3)26(2)34(49-38(31)48)27-16-7-6-8-17-27/h6-9,13-19,21,26,29,31-32,34-35,44H,4-5,10-12,20,22-24H2,1-3H3/b19-9-/t26-,29-,31+,32+,34+,35-,39+/m1/s1. The third kappa shape index (κ3) is 6.49. The average Bonchev–Trinajstić information content (AvgIpc) is 3.49. The molecule has 2 aromatic rings. The van der Waals surface area contributed by atoms with Crippen molar-refractivity contribution in [3.05, 3.63) is 89.0 Å². The summed E-state index contributed by atoms with van der Waals surface area (Å²) < 4.78 is 13.2. The number of hydrogen-bond acceptors (Lipinski definition) is 7. The number of hydrogen-bond donors (Lipinski definition) is 1. The van der Waals surface area contributed by atoms with Crippen LogP contribution in [-0.2, 0) is 28.7 Å². The number of nitrogens with zero attached hydrogens (tertiary/aromatic N) is 3. The predicted molar refractivity (Wildman–Crippen MR) is 189 cm³/mol. The van der Waals surface area contributed by atoms with Crippen LogP contribution in [0, 0.1) is 18.8 Å². The lowest BCUT2D eigenvalue weighted by Crippen LogP contribution is -2.55. The number of likely N-dealkylation sites (N-methyl/N-ethyl adjacent to an activating group) is 1. The molecule has 0 unspecified atom stereocenters. The molecule has 0 aromatic heterocycles. The minimum absolute atomic E-state index is 0.0869. The Morgan fingerprint density at radius 2 is 1.72 bits per heavy atom. The highest BCUT2D eigenvalue weighted by Gasteiger charge is 2.72. The van der Waals surface area contributed by atoms with Crippen molar-refractivity contribution >= 4 is 41.0 Å². The number of amides is 3. The maximum atomic E-state index is 14.9. The first-order valence-electron chi connectivity index (χ1n) is 17.6. The van der Waals surface area contributed by atoms with E-state index in [4.69, 9.17) is 21.1 Å². The lowest BCUT2D eigenvalue weighted by atomic mass is 9.77. The van der Waals surface area contributed by atoms with Crippen LogP contribution in [0.5, 0.6) is 0 Å². The minimum atomic E-state index is -1.46. The van der Waals surface area contributed by atoms with Crippen LogP contribution < -0.4 is 4.90 Å². The van der Waals surface area contributed by atoms with Gasteiger partial charge < -0.3 is 29.3 Å². The quantitative estimate of drug-likeness (QED) is 0.229. The zero-order valence-electron chi connectivity index (χ0n) is 28.9. The maximum absolute atomic E-state index is 14.9. The summed E-state index contributed by atoms with van der Waals surface area (Å²) in [4.78, 5) is 62.2. The van der Waals surface area contributed by atoms with Crippen LogP contribution >= 0.6 is 11.6 Å². The first kappa shape index (κ1) is 35.8. The molecule has 4 heterocycles. The van der Waals surface area contributed by atoms with Crippen LogP contribution in [0.4, 0.5) is 5.69 Å². The Hall–Kier alpha value is -3.99. The van der Waals surface area contributed by atoms with E-state index in [9.17, 15) is 24.3 Å². The van der Waals surface area contributed by atoms with E-state index in [2.05, 4.69) is 0 Å². The number of anilines is 1. The molecule has 7 atom stereocenters. The van der Waals surface area contributed by atoms with Gasteiger partial charge in [-0.25, -0.2) is 0 Å². The number of carbonyl (C=O) groups excluding carboxylic acids is 4. The van der Waals surface area contributed by atoms with Gasteiger partial charge in [-0.3, -0.25) is 19.2 Å². The highest BCUT2D eigenvalue weighted by atomic mass is 35.5. The van der Waals surface area contributed by atoms with Gasteiger partial charge in [0, 0.05) is 33.2 Å². The highest BCUT2D eigenvalue weighted by Crippen LogP contribution is 2.54. The molecule has 2 aromatic carbocycles. The lowest BCUT2D eigenvalue weighted by molar-refractivity contribution is -0.164. The Labute approximate surface area is 298 Å². The monoisotopic (exact) mass is 703 g/mol. The Balaban J connectivity index is 1.43. The van der Waals surface area contributed by atoms with E-state index >= 15 is 0 Å². The highest BCUT2D eigenvalue weighted by molar-refractivity contribution is 6.34. The van der Waals surface area contributed by atoms with E-state index in [0.717, 1.165) is 24.0 Å². The molecule has 6 rings (SSSR count). The van der Waals surface area contributed by atoms with Crippen molar-refractivity contribution in [2.45, 2.75) is 82.3 Å². The maximum Gasteiger partial charge on any atom is 0.313 e. The molecule has 0 saturated carbocycles. The number of ether oxygens (including phenoxy) is 2. The second-order valence-corrected chi connectivity index (χ2v) is 14.2. The number of aliphatic hydroxyl groups excluding tert-OH is 1. The first-order valence-corrected chi connectivity index (χ1v) is 18.0. The summed E-state index contributed by atoms with van der Waals surface area (Å²) >= 11 is 6.69. The number of benzene rings is 2. The fraction of sp³-hybridized carbons (Fsp3) is 0.487. The number of likely N-dealkylation sites (tertiary alicyclic amines) is 1.